The van der Waals surface area contributed by atoms with Crippen LogP contribution in [0.5, 0.6) is 11.5 Å². The number of hydrogen-bond donors (Lipinski definition) is 2. The number of ether oxygens (including phenoxy) is 2. The number of rotatable bonds is 7. The van der Waals surface area contributed by atoms with Gasteiger partial charge in [-0.25, -0.2) is 4.79 Å². The molecule has 0 saturated heterocycles. The Labute approximate surface area is 177 Å². The number of anilines is 1. The first kappa shape index (κ1) is 20.7. The third-order valence-corrected chi connectivity index (χ3v) is 4.68. The molecule has 0 atom stereocenters. The van der Waals surface area contributed by atoms with Crippen molar-refractivity contribution in [2.75, 3.05) is 19.5 Å². The van der Waals surface area contributed by atoms with Crippen LogP contribution in [0, 0.1) is 0 Å². The van der Waals surface area contributed by atoms with Gasteiger partial charge in [0.1, 0.15) is 12.4 Å². The van der Waals surface area contributed by atoms with E-state index in [1.54, 1.807) is 18.2 Å². The van der Waals surface area contributed by atoms with E-state index in [1.807, 2.05) is 0 Å². The average Bonchev–Trinajstić information content (AvgIpc) is 3.25. The van der Waals surface area contributed by atoms with Gasteiger partial charge in [0.25, 0.3) is 0 Å². The molecule has 12 heteroatoms. The van der Waals surface area contributed by atoms with E-state index in [-0.39, 0.29) is 12.4 Å². The van der Waals surface area contributed by atoms with E-state index in [0.29, 0.717) is 32.4 Å². The van der Waals surface area contributed by atoms with E-state index < -0.39 is 11.7 Å². The third-order valence-electron chi connectivity index (χ3n) is 3.69. The molecule has 1 amide bonds. The van der Waals surface area contributed by atoms with Crippen molar-refractivity contribution in [1.29, 1.82) is 0 Å². The second-order valence-corrected chi connectivity index (χ2v) is 6.77. The lowest BCUT2D eigenvalue weighted by Crippen LogP contribution is -2.26. The molecule has 3 rings (SSSR count). The summed E-state index contributed by atoms with van der Waals surface area (Å²) in [5.41, 5.74) is 0.600. The topological polar surface area (TPSA) is 124 Å². The summed E-state index contributed by atoms with van der Waals surface area (Å²) in [6.45, 7) is -0.335. The minimum atomic E-state index is -0.776. The largest absolute Gasteiger partial charge is 0.493 e. The Morgan fingerprint density at radius 1 is 1.38 bits per heavy atom. The number of nitrogens with one attached hydrogen (secondary N) is 2. The lowest BCUT2D eigenvalue weighted by molar-refractivity contribution is -0.117. The first-order chi connectivity index (χ1) is 13.9. The molecule has 29 heavy (non-hydrogen) atoms. The molecule has 0 aliphatic carbocycles. The molecule has 1 aromatic carbocycles. The molecule has 2 N–H and O–H groups in total. The summed E-state index contributed by atoms with van der Waals surface area (Å²) in [6.07, 6.45) is 4.54. The SMILES string of the molecule is COc1ccc(/C=C/c2nn(CC(=O)Nc3[nH]ncc3Br)c(=O)o2)c(Cl)c1OC. The third kappa shape index (κ3) is 4.69. The Morgan fingerprint density at radius 3 is 2.83 bits per heavy atom. The minimum Gasteiger partial charge on any atom is -0.493 e. The standard InChI is InChI=1S/C17H15BrClN5O5/c1-27-11-5-3-9(14(19)15(11)28-2)4-6-13-23-24(17(26)29-13)8-12(25)21-16-10(18)7-20-22-16/h3-7H,8H2,1-2H3,(H2,20,21,22,25)/b6-4+. The second kappa shape index (κ2) is 8.97. The van der Waals surface area contributed by atoms with Gasteiger partial charge in [-0.3, -0.25) is 9.89 Å². The molecule has 3 aromatic rings. The number of H-pyrrole nitrogens is 1. The number of carbonyl (C=O) groups excluding carboxylic acids is 1. The summed E-state index contributed by atoms with van der Waals surface area (Å²) in [6, 6.07) is 3.40. The molecule has 152 valence electrons. The van der Waals surface area contributed by atoms with Crippen LogP contribution in [0.25, 0.3) is 12.2 Å². The van der Waals surface area contributed by atoms with Gasteiger partial charge >= 0.3 is 5.76 Å². The van der Waals surface area contributed by atoms with Gasteiger partial charge < -0.3 is 19.2 Å². The number of aromatic nitrogens is 4. The monoisotopic (exact) mass is 483 g/mol. The molecule has 0 bridgehead atoms. The molecule has 0 aliphatic heterocycles. The zero-order valence-electron chi connectivity index (χ0n) is 15.2. The molecule has 0 radical (unpaired) electrons. The van der Waals surface area contributed by atoms with Crippen molar-refractivity contribution in [3.05, 3.63) is 49.8 Å². The highest BCUT2D eigenvalue weighted by atomic mass is 79.9. The Kier molecular flexibility index (Phi) is 6.39. The van der Waals surface area contributed by atoms with E-state index >= 15 is 0 Å². The lowest BCUT2D eigenvalue weighted by atomic mass is 10.2. The summed E-state index contributed by atoms with van der Waals surface area (Å²) < 4.78 is 16.9. The second-order valence-electron chi connectivity index (χ2n) is 5.54. The van der Waals surface area contributed by atoms with Crippen molar-refractivity contribution in [2.24, 2.45) is 0 Å². The van der Waals surface area contributed by atoms with E-state index in [0.717, 1.165) is 4.68 Å². The number of hydrogen-bond acceptors (Lipinski definition) is 7. The molecule has 0 aliphatic rings. The van der Waals surface area contributed by atoms with Crippen LogP contribution in [0.3, 0.4) is 0 Å². The van der Waals surface area contributed by atoms with Gasteiger partial charge in [0.15, 0.2) is 11.5 Å². The molecular formula is C17H15BrClN5O5. The van der Waals surface area contributed by atoms with Gasteiger partial charge in [0, 0.05) is 6.08 Å². The Hall–Kier alpha value is -3.05. The predicted molar refractivity (Wildman–Crippen MR) is 109 cm³/mol. The fourth-order valence-electron chi connectivity index (χ4n) is 2.36. The maximum absolute atomic E-state index is 12.1. The zero-order valence-corrected chi connectivity index (χ0v) is 17.6. The molecular weight excluding hydrogens is 470 g/mol. The maximum atomic E-state index is 12.1. The van der Waals surface area contributed by atoms with Crippen LogP contribution in [-0.2, 0) is 11.3 Å². The van der Waals surface area contributed by atoms with Crippen LogP contribution in [0.1, 0.15) is 11.5 Å². The van der Waals surface area contributed by atoms with Crippen molar-refractivity contribution in [3.63, 3.8) is 0 Å². The van der Waals surface area contributed by atoms with Crippen LogP contribution in [0.4, 0.5) is 5.82 Å². The highest BCUT2D eigenvalue weighted by Crippen LogP contribution is 2.37. The van der Waals surface area contributed by atoms with Crippen LogP contribution in [-0.4, -0.2) is 40.1 Å². The van der Waals surface area contributed by atoms with Gasteiger partial charge in [0.05, 0.1) is 29.9 Å². The number of amides is 1. The number of methoxy groups -OCH3 is 2. The molecule has 0 fully saturated rings. The Morgan fingerprint density at radius 2 is 2.17 bits per heavy atom. The number of aromatic amines is 1. The van der Waals surface area contributed by atoms with Gasteiger partial charge in [-0.15, -0.1) is 5.10 Å². The van der Waals surface area contributed by atoms with Crippen molar-refractivity contribution in [3.8, 4) is 11.5 Å². The molecule has 0 saturated carbocycles. The van der Waals surface area contributed by atoms with Gasteiger partial charge in [-0.2, -0.15) is 9.78 Å². The molecule has 2 aromatic heterocycles. The van der Waals surface area contributed by atoms with Crippen LogP contribution >= 0.6 is 27.5 Å². The lowest BCUT2D eigenvalue weighted by Gasteiger charge is -2.10. The van der Waals surface area contributed by atoms with Crippen molar-refractivity contribution in [1.82, 2.24) is 20.0 Å². The molecule has 0 unspecified atom stereocenters. The van der Waals surface area contributed by atoms with Crippen molar-refractivity contribution in [2.45, 2.75) is 6.54 Å². The Balaban J connectivity index is 1.74. The molecule has 2 heterocycles. The van der Waals surface area contributed by atoms with E-state index in [4.69, 9.17) is 25.5 Å². The summed E-state index contributed by atoms with van der Waals surface area (Å²) >= 11 is 9.52. The van der Waals surface area contributed by atoms with Gasteiger partial charge in [-0.05, 0) is 39.7 Å². The minimum absolute atomic E-state index is 0.0105. The summed E-state index contributed by atoms with van der Waals surface area (Å²) in [5.74, 6) is -0.0119. The van der Waals surface area contributed by atoms with Crippen molar-refractivity contribution < 1.29 is 18.7 Å². The summed E-state index contributed by atoms with van der Waals surface area (Å²) in [7, 11) is 2.98. The average molecular weight is 485 g/mol. The first-order valence-electron chi connectivity index (χ1n) is 8.08. The number of benzene rings is 1. The fraction of sp³-hybridized carbons (Fsp3) is 0.176. The summed E-state index contributed by atoms with van der Waals surface area (Å²) in [4.78, 5) is 24.0. The first-order valence-corrected chi connectivity index (χ1v) is 9.25. The van der Waals surface area contributed by atoms with Gasteiger partial charge in [-0.1, -0.05) is 11.6 Å². The van der Waals surface area contributed by atoms with Crippen molar-refractivity contribution >= 4 is 51.4 Å². The fourth-order valence-corrected chi connectivity index (χ4v) is 2.94. The predicted octanol–water partition coefficient (Wildman–Crippen LogP) is 2.80. The smallest absolute Gasteiger partial charge is 0.437 e. The highest BCUT2D eigenvalue weighted by molar-refractivity contribution is 9.10. The molecule has 10 nitrogen and oxygen atoms in total. The normalized spacial score (nSPS) is 11.0. The van der Waals surface area contributed by atoms with Gasteiger partial charge in [0.2, 0.25) is 11.8 Å². The molecule has 0 spiro atoms. The van der Waals surface area contributed by atoms with Crippen LogP contribution in [0.15, 0.2) is 32.0 Å². The highest BCUT2D eigenvalue weighted by Gasteiger charge is 2.14. The maximum Gasteiger partial charge on any atom is 0.437 e. The quantitative estimate of drug-likeness (QED) is 0.528. The summed E-state index contributed by atoms with van der Waals surface area (Å²) in [5, 5.41) is 13.2. The van der Waals surface area contributed by atoms with Crippen LogP contribution < -0.4 is 20.5 Å². The Bertz CT molecular complexity index is 1120. The number of halogens is 2. The van der Waals surface area contributed by atoms with E-state index in [2.05, 4.69) is 36.5 Å². The van der Waals surface area contributed by atoms with Crippen LogP contribution in [0.2, 0.25) is 5.02 Å². The van der Waals surface area contributed by atoms with E-state index in [1.165, 1.54) is 26.5 Å². The number of nitrogens with zero attached hydrogens (tertiary/aromatic N) is 3. The van der Waals surface area contributed by atoms with E-state index in [9.17, 15) is 9.59 Å². The number of carbonyl (C=O) groups is 1. The zero-order chi connectivity index (χ0) is 21.0.